The highest BCUT2D eigenvalue weighted by molar-refractivity contribution is 6.17. The van der Waals surface area contributed by atoms with Gasteiger partial charge >= 0.3 is 18.1 Å². The van der Waals surface area contributed by atoms with Crippen molar-refractivity contribution in [2.75, 3.05) is 5.32 Å². The number of fused-ring (bicyclic) bond motifs is 1. The van der Waals surface area contributed by atoms with Crippen LogP contribution in [0, 0.1) is 0 Å². The lowest BCUT2D eigenvalue weighted by molar-refractivity contribution is -0.167. The molecule has 0 unspecified atom stereocenters. The molecule has 2 aromatic rings. The molecule has 24 heavy (non-hydrogen) atoms. The van der Waals surface area contributed by atoms with E-state index in [2.05, 4.69) is 4.99 Å². The van der Waals surface area contributed by atoms with Crippen molar-refractivity contribution < 1.29 is 27.5 Å². The summed E-state index contributed by atoms with van der Waals surface area (Å²) in [6, 6.07) is 12.1. The Hall–Kier alpha value is -3.16. The average molecular weight is 334 g/mol. The topological polar surface area (TPSA) is 67.8 Å². The van der Waals surface area contributed by atoms with Gasteiger partial charge in [-0.25, -0.2) is 9.79 Å². The van der Waals surface area contributed by atoms with Gasteiger partial charge in [-0.3, -0.25) is 4.79 Å². The van der Waals surface area contributed by atoms with E-state index < -0.39 is 18.1 Å². The maximum absolute atomic E-state index is 12.4. The van der Waals surface area contributed by atoms with Crippen LogP contribution in [0.5, 0.6) is 0 Å². The van der Waals surface area contributed by atoms with E-state index in [0.29, 0.717) is 11.1 Å². The van der Waals surface area contributed by atoms with E-state index in [1.807, 2.05) is 0 Å². The minimum atomic E-state index is -5.02. The minimum Gasteiger partial charge on any atom is -0.403 e. The maximum atomic E-state index is 12.4. The summed E-state index contributed by atoms with van der Waals surface area (Å²) in [5.74, 6) is -2.75. The molecule has 3 rings (SSSR count). The second-order valence-corrected chi connectivity index (χ2v) is 4.82. The molecule has 1 heterocycles. The number of amides is 1. The molecule has 1 N–H and O–H groups in total. The molecule has 0 fully saturated rings. The van der Waals surface area contributed by atoms with Crippen LogP contribution in [-0.4, -0.2) is 24.0 Å². The van der Waals surface area contributed by atoms with E-state index >= 15 is 0 Å². The molecular weight excluding hydrogens is 325 g/mol. The molecule has 5 nitrogen and oxygen atoms in total. The number of benzene rings is 2. The molecule has 0 saturated carbocycles. The standard InChI is InChI=1S/C16H9F3N2O3/c17-16(18,19)15(23)21-12-8-4-3-7-11(12)20-13-9-5-1-2-6-10(9)14(22)24-13/h1-8H,(H,21,23). The molecule has 2 aromatic carbocycles. The van der Waals surface area contributed by atoms with Gasteiger partial charge in [0.05, 0.1) is 22.5 Å². The highest BCUT2D eigenvalue weighted by atomic mass is 19.4. The lowest BCUT2D eigenvalue weighted by Gasteiger charge is -2.10. The van der Waals surface area contributed by atoms with Crippen molar-refractivity contribution in [3.8, 4) is 0 Å². The number of cyclic esters (lactones) is 1. The Morgan fingerprint density at radius 2 is 1.62 bits per heavy atom. The van der Waals surface area contributed by atoms with Crippen molar-refractivity contribution in [2.24, 2.45) is 4.99 Å². The highest BCUT2D eigenvalue weighted by Crippen LogP contribution is 2.29. The van der Waals surface area contributed by atoms with Crippen LogP contribution in [0.4, 0.5) is 24.5 Å². The summed E-state index contributed by atoms with van der Waals surface area (Å²) in [5, 5.41) is 1.75. The molecule has 122 valence electrons. The number of aliphatic imine (C=N–C) groups is 1. The fourth-order valence-electron chi connectivity index (χ4n) is 2.11. The number of alkyl halides is 3. The van der Waals surface area contributed by atoms with Crippen LogP contribution in [0.2, 0.25) is 0 Å². The van der Waals surface area contributed by atoms with E-state index in [-0.39, 0.29) is 17.3 Å². The van der Waals surface area contributed by atoms with Crippen molar-refractivity contribution in [3.05, 3.63) is 59.7 Å². The van der Waals surface area contributed by atoms with Gasteiger partial charge in [-0.2, -0.15) is 13.2 Å². The molecule has 0 bridgehead atoms. The molecule has 0 aliphatic carbocycles. The zero-order valence-electron chi connectivity index (χ0n) is 11.9. The number of hydrogen-bond donors (Lipinski definition) is 1. The molecule has 0 radical (unpaired) electrons. The second kappa shape index (κ2) is 5.80. The molecule has 0 aromatic heterocycles. The number of ether oxygens (including phenoxy) is 1. The minimum absolute atomic E-state index is 0.0367. The molecule has 8 heteroatoms. The monoisotopic (exact) mass is 334 g/mol. The van der Waals surface area contributed by atoms with Crippen molar-refractivity contribution in [1.29, 1.82) is 0 Å². The zero-order chi connectivity index (χ0) is 17.3. The van der Waals surface area contributed by atoms with Crippen LogP contribution in [0.1, 0.15) is 15.9 Å². The summed E-state index contributed by atoms with van der Waals surface area (Å²) in [6.45, 7) is 0. The van der Waals surface area contributed by atoms with Crippen molar-refractivity contribution in [1.82, 2.24) is 0 Å². The first-order valence-corrected chi connectivity index (χ1v) is 6.74. The van der Waals surface area contributed by atoms with Crippen LogP contribution in [0.25, 0.3) is 0 Å². The van der Waals surface area contributed by atoms with Crippen molar-refractivity contribution in [2.45, 2.75) is 6.18 Å². The predicted octanol–water partition coefficient (Wildman–Crippen LogP) is 3.44. The smallest absolute Gasteiger partial charge is 0.403 e. The van der Waals surface area contributed by atoms with Crippen LogP contribution in [0.3, 0.4) is 0 Å². The zero-order valence-corrected chi connectivity index (χ0v) is 11.9. The third kappa shape index (κ3) is 2.98. The third-order valence-corrected chi connectivity index (χ3v) is 3.20. The number of nitrogens with one attached hydrogen (secondary N) is 1. The summed E-state index contributed by atoms with van der Waals surface area (Å²) >= 11 is 0. The Bertz CT molecular complexity index is 860. The lowest BCUT2D eigenvalue weighted by Crippen LogP contribution is -2.29. The van der Waals surface area contributed by atoms with Crippen LogP contribution >= 0.6 is 0 Å². The van der Waals surface area contributed by atoms with Gasteiger partial charge in [-0.15, -0.1) is 0 Å². The van der Waals surface area contributed by atoms with E-state index in [4.69, 9.17) is 4.74 Å². The number of halogens is 3. The average Bonchev–Trinajstić information content (AvgIpc) is 2.85. The van der Waals surface area contributed by atoms with E-state index in [1.54, 1.807) is 29.6 Å². The van der Waals surface area contributed by atoms with E-state index in [1.165, 1.54) is 24.3 Å². The van der Waals surface area contributed by atoms with Gasteiger partial charge < -0.3 is 10.1 Å². The summed E-state index contributed by atoms with van der Waals surface area (Å²) in [7, 11) is 0. The SMILES string of the molecule is O=C1OC(=Nc2ccccc2NC(=O)C(F)(F)F)c2ccccc21. The number of rotatable bonds is 2. The Balaban J connectivity index is 1.98. The second-order valence-electron chi connectivity index (χ2n) is 4.82. The number of anilines is 1. The Kier molecular flexibility index (Phi) is 3.80. The molecule has 0 atom stereocenters. The first-order chi connectivity index (χ1) is 11.4. The molecule has 0 saturated heterocycles. The summed E-state index contributed by atoms with van der Waals surface area (Å²) in [5.41, 5.74) is 0.634. The summed E-state index contributed by atoms with van der Waals surface area (Å²) in [6.07, 6.45) is -5.02. The molecular formula is C16H9F3N2O3. The molecule has 0 spiro atoms. The Morgan fingerprint density at radius 3 is 2.33 bits per heavy atom. The van der Waals surface area contributed by atoms with Crippen LogP contribution in [0.15, 0.2) is 53.5 Å². The van der Waals surface area contributed by atoms with Gasteiger partial charge in [-0.05, 0) is 24.3 Å². The molecule has 1 aliphatic heterocycles. The van der Waals surface area contributed by atoms with E-state index in [0.717, 1.165) is 0 Å². The fourth-order valence-corrected chi connectivity index (χ4v) is 2.11. The normalized spacial score (nSPS) is 15.1. The van der Waals surface area contributed by atoms with Gasteiger partial charge in [0.1, 0.15) is 0 Å². The lowest BCUT2D eigenvalue weighted by atomic mass is 10.1. The quantitative estimate of drug-likeness (QED) is 0.856. The Morgan fingerprint density at radius 1 is 1.00 bits per heavy atom. The molecule has 1 amide bonds. The van der Waals surface area contributed by atoms with Crippen LogP contribution in [-0.2, 0) is 9.53 Å². The largest absolute Gasteiger partial charge is 0.471 e. The van der Waals surface area contributed by atoms with Gasteiger partial charge in [0, 0.05) is 0 Å². The number of esters is 1. The van der Waals surface area contributed by atoms with E-state index in [9.17, 15) is 22.8 Å². The van der Waals surface area contributed by atoms with Crippen molar-refractivity contribution in [3.63, 3.8) is 0 Å². The number of carbonyl (C=O) groups excluding carboxylic acids is 2. The highest BCUT2D eigenvalue weighted by Gasteiger charge is 2.39. The fraction of sp³-hybridized carbons (Fsp3) is 0.0625. The Labute approximate surface area is 133 Å². The summed E-state index contributed by atoms with van der Waals surface area (Å²) in [4.78, 5) is 26.9. The van der Waals surface area contributed by atoms with Gasteiger partial charge in [0.15, 0.2) is 0 Å². The summed E-state index contributed by atoms with van der Waals surface area (Å²) < 4.78 is 42.2. The van der Waals surface area contributed by atoms with Crippen LogP contribution < -0.4 is 5.32 Å². The third-order valence-electron chi connectivity index (χ3n) is 3.20. The van der Waals surface area contributed by atoms with Gasteiger partial charge in [0.2, 0.25) is 5.90 Å². The number of carbonyl (C=O) groups is 2. The number of nitrogens with zero attached hydrogens (tertiary/aromatic N) is 1. The number of para-hydroxylation sites is 2. The maximum Gasteiger partial charge on any atom is 0.471 e. The van der Waals surface area contributed by atoms with Gasteiger partial charge in [-0.1, -0.05) is 24.3 Å². The van der Waals surface area contributed by atoms with Crippen molar-refractivity contribution >= 4 is 29.1 Å². The number of hydrogen-bond acceptors (Lipinski definition) is 4. The first kappa shape index (κ1) is 15.7. The van der Waals surface area contributed by atoms with Gasteiger partial charge in [0.25, 0.3) is 0 Å². The molecule has 1 aliphatic rings. The first-order valence-electron chi connectivity index (χ1n) is 6.74. The predicted molar refractivity (Wildman–Crippen MR) is 79.2 cm³/mol.